The zero-order valence-electron chi connectivity index (χ0n) is 30.8. The highest BCUT2D eigenvalue weighted by Crippen LogP contribution is 2.32. The largest absolute Gasteiger partial charge is 0.486 e. The maximum Gasteiger partial charge on any atom is 0.270 e. The monoisotopic (exact) mass is 712 g/mol. The summed E-state index contributed by atoms with van der Waals surface area (Å²) in [4.78, 5) is 55.6. The molecule has 0 saturated heterocycles. The zero-order chi connectivity index (χ0) is 38.0. The third kappa shape index (κ3) is 12.1. The van der Waals surface area contributed by atoms with Crippen LogP contribution < -0.4 is 27.0 Å². The van der Waals surface area contributed by atoms with Crippen LogP contribution in [-0.4, -0.2) is 70.5 Å². The standard InChI is InChI=1S/C36H43N7O5.C3H9N/c1-6-9-11-27-19-26(23(4)17-33(44)37-15-10-7-2)12-13-28(27)42-36(47)31-20-30(40-32-14-16-39-43(31)32)35(46)38-21-25(8-3)18-29-24(5)48-22-34(45)41-29;1-2-3-4/h1,8,11,14,16,18,20,28H,3,7,9-10,12-13,15,17,19,21-22H2,2,4-5H3,(H,37,44)(H,38,46)(H,41,45)(H,42,47);2-4H2,1H3/b25-18+,26-23-,27-11+;. The Bertz CT molecular complexity index is 1790. The van der Waals surface area contributed by atoms with E-state index < -0.39 is 11.8 Å². The first-order chi connectivity index (χ1) is 25.0. The van der Waals surface area contributed by atoms with E-state index in [1.165, 1.54) is 22.4 Å². The fraction of sp³-hybridized carbons (Fsp3) is 0.436. The highest BCUT2D eigenvalue weighted by Gasteiger charge is 2.27. The van der Waals surface area contributed by atoms with Crippen LogP contribution in [0.2, 0.25) is 0 Å². The summed E-state index contributed by atoms with van der Waals surface area (Å²) in [5.74, 6) is 2.00. The minimum Gasteiger partial charge on any atom is -0.486 e. The Hall–Kier alpha value is -5.48. The lowest BCUT2D eigenvalue weighted by atomic mass is 9.83. The molecule has 1 saturated carbocycles. The average molecular weight is 713 g/mol. The van der Waals surface area contributed by atoms with Crippen LogP contribution in [0.1, 0.15) is 100 Å². The van der Waals surface area contributed by atoms with Crippen molar-refractivity contribution >= 4 is 29.3 Å². The number of carbonyl (C=O) groups is 4. The molecule has 13 heteroatoms. The van der Waals surface area contributed by atoms with Crippen LogP contribution >= 0.6 is 0 Å². The van der Waals surface area contributed by atoms with Gasteiger partial charge in [-0.3, -0.25) is 19.2 Å². The Morgan fingerprint density at radius 3 is 2.69 bits per heavy atom. The van der Waals surface area contributed by atoms with E-state index in [2.05, 4.69) is 57.7 Å². The number of unbranched alkanes of at least 4 members (excludes halogenated alkanes) is 1. The van der Waals surface area contributed by atoms with Gasteiger partial charge < -0.3 is 31.7 Å². The summed E-state index contributed by atoms with van der Waals surface area (Å²) < 4.78 is 6.74. The smallest absolute Gasteiger partial charge is 0.270 e. The van der Waals surface area contributed by atoms with Gasteiger partial charge in [-0.15, -0.1) is 12.3 Å². The topological polar surface area (TPSA) is 182 Å². The Kier molecular flexibility index (Phi) is 16.5. The number of fused-ring (bicyclic) bond motifs is 1. The number of carbonyl (C=O) groups excluding carboxylic acids is 4. The first-order valence-corrected chi connectivity index (χ1v) is 17.7. The number of rotatable bonds is 14. The van der Waals surface area contributed by atoms with Gasteiger partial charge in [0.2, 0.25) is 5.91 Å². The summed E-state index contributed by atoms with van der Waals surface area (Å²) in [6.07, 6.45) is 18.0. The van der Waals surface area contributed by atoms with E-state index in [0.29, 0.717) is 54.9 Å². The minimum atomic E-state index is -0.508. The van der Waals surface area contributed by atoms with Crippen LogP contribution in [0.3, 0.4) is 0 Å². The number of hydrogen-bond donors (Lipinski definition) is 5. The normalized spacial score (nSPS) is 17.6. The SMILES string of the molecule is C#CC/C=C1\C/C(=C(/C)CC(=O)NCCCC)CCC1NC(=O)c1cc(C(=O)NC/C(C=C)=C/C2=C(C)OCC(=O)N2)nc2ccnn12.CCCN. The van der Waals surface area contributed by atoms with Gasteiger partial charge in [0.1, 0.15) is 17.1 Å². The molecule has 6 N–H and O–H groups in total. The second kappa shape index (κ2) is 21.0. The van der Waals surface area contributed by atoms with Gasteiger partial charge >= 0.3 is 0 Å². The molecule has 2 aromatic rings. The molecule has 13 nitrogen and oxygen atoms in total. The molecular formula is C39H52N8O5. The van der Waals surface area contributed by atoms with Gasteiger partial charge in [-0.25, -0.2) is 9.50 Å². The van der Waals surface area contributed by atoms with Crippen molar-refractivity contribution in [2.75, 3.05) is 26.2 Å². The molecule has 4 rings (SSSR count). The number of allylic oxidation sites excluding steroid dienone is 4. The van der Waals surface area contributed by atoms with Crippen LogP contribution in [0.5, 0.6) is 0 Å². The summed E-state index contributed by atoms with van der Waals surface area (Å²) in [5, 5.41) is 15.9. The lowest BCUT2D eigenvalue weighted by molar-refractivity contribution is -0.125. The van der Waals surface area contributed by atoms with Crippen molar-refractivity contribution < 1.29 is 23.9 Å². The minimum absolute atomic E-state index is 0.00958. The molecule has 0 bridgehead atoms. The van der Waals surface area contributed by atoms with Gasteiger partial charge in [-0.1, -0.05) is 50.1 Å². The fourth-order valence-corrected chi connectivity index (χ4v) is 5.46. The number of terminal acetylenes is 1. The second-order valence-electron chi connectivity index (χ2n) is 12.5. The predicted molar refractivity (Wildman–Crippen MR) is 202 cm³/mol. The van der Waals surface area contributed by atoms with Crippen LogP contribution in [0.4, 0.5) is 0 Å². The molecule has 1 aliphatic heterocycles. The molecule has 1 fully saturated rings. The van der Waals surface area contributed by atoms with Crippen LogP contribution in [0.15, 0.2) is 76.9 Å². The number of aromatic nitrogens is 3. The number of nitrogens with zero attached hydrogens (tertiary/aromatic N) is 3. The maximum absolute atomic E-state index is 13.8. The molecule has 3 heterocycles. The van der Waals surface area contributed by atoms with Crippen molar-refractivity contribution in [3.8, 4) is 12.3 Å². The summed E-state index contributed by atoms with van der Waals surface area (Å²) in [6, 6.07) is 2.73. The number of nitrogens with two attached hydrogens (primary N) is 1. The van der Waals surface area contributed by atoms with E-state index in [4.69, 9.17) is 16.9 Å². The molecule has 2 aliphatic rings. The zero-order valence-corrected chi connectivity index (χ0v) is 30.8. The summed E-state index contributed by atoms with van der Waals surface area (Å²) >= 11 is 0. The molecule has 1 unspecified atom stereocenters. The van der Waals surface area contributed by atoms with Gasteiger partial charge in [-0.05, 0) is 69.7 Å². The Morgan fingerprint density at radius 1 is 1.23 bits per heavy atom. The summed E-state index contributed by atoms with van der Waals surface area (Å²) in [6.45, 7) is 13.2. The third-order valence-electron chi connectivity index (χ3n) is 8.50. The molecule has 278 valence electrons. The maximum atomic E-state index is 13.8. The molecule has 4 amide bonds. The first kappa shape index (κ1) is 40.9. The van der Waals surface area contributed by atoms with E-state index in [1.54, 1.807) is 25.1 Å². The van der Waals surface area contributed by atoms with Crippen LogP contribution in [0.25, 0.3) is 5.65 Å². The van der Waals surface area contributed by atoms with E-state index in [-0.39, 0.29) is 42.4 Å². The molecule has 52 heavy (non-hydrogen) atoms. The first-order valence-electron chi connectivity index (χ1n) is 17.7. The lowest BCUT2D eigenvalue weighted by Crippen LogP contribution is -2.39. The molecular weight excluding hydrogens is 660 g/mol. The van der Waals surface area contributed by atoms with Crippen LogP contribution in [-0.2, 0) is 14.3 Å². The van der Waals surface area contributed by atoms with Gasteiger partial charge in [0.05, 0.1) is 17.9 Å². The average Bonchev–Trinajstić information content (AvgIpc) is 3.62. The summed E-state index contributed by atoms with van der Waals surface area (Å²) in [5.41, 5.74) is 9.83. The van der Waals surface area contributed by atoms with Gasteiger partial charge in [-0.2, -0.15) is 5.10 Å². The molecule has 0 spiro atoms. The number of hydrogen-bond acceptors (Lipinski definition) is 8. The predicted octanol–water partition coefficient (Wildman–Crippen LogP) is 4.16. The Morgan fingerprint density at radius 2 is 2.00 bits per heavy atom. The summed E-state index contributed by atoms with van der Waals surface area (Å²) in [7, 11) is 0. The van der Waals surface area contributed by atoms with Crippen molar-refractivity contribution in [1.29, 1.82) is 0 Å². The van der Waals surface area contributed by atoms with Gasteiger partial charge in [0, 0.05) is 38.1 Å². The molecule has 0 radical (unpaired) electrons. The van der Waals surface area contributed by atoms with Crippen molar-refractivity contribution in [3.05, 3.63) is 88.3 Å². The van der Waals surface area contributed by atoms with Gasteiger partial charge in [0.15, 0.2) is 12.3 Å². The quantitative estimate of drug-likeness (QED) is 0.0838. The second-order valence-corrected chi connectivity index (χ2v) is 12.5. The van der Waals surface area contributed by atoms with E-state index >= 15 is 0 Å². The highest BCUT2D eigenvalue weighted by atomic mass is 16.5. The van der Waals surface area contributed by atoms with Crippen molar-refractivity contribution in [2.45, 2.75) is 85.1 Å². The molecule has 1 aliphatic carbocycles. The third-order valence-corrected chi connectivity index (χ3v) is 8.50. The number of nitrogens with one attached hydrogen (secondary N) is 4. The van der Waals surface area contributed by atoms with Crippen molar-refractivity contribution in [2.24, 2.45) is 5.73 Å². The van der Waals surface area contributed by atoms with Crippen LogP contribution in [0, 0.1) is 12.3 Å². The fourth-order valence-electron chi connectivity index (χ4n) is 5.46. The van der Waals surface area contributed by atoms with Gasteiger partial charge in [0.25, 0.3) is 17.7 Å². The van der Waals surface area contributed by atoms with Crippen molar-refractivity contribution in [1.82, 2.24) is 35.9 Å². The number of amides is 4. The van der Waals surface area contributed by atoms with E-state index in [1.807, 2.05) is 13.0 Å². The van der Waals surface area contributed by atoms with Crippen molar-refractivity contribution in [3.63, 3.8) is 0 Å². The van der Waals surface area contributed by atoms with E-state index in [9.17, 15) is 19.2 Å². The lowest BCUT2D eigenvalue weighted by Gasteiger charge is -2.29. The molecule has 0 aromatic carbocycles. The Balaban J connectivity index is 0.00000173. The molecule has 1 atom stereocenters. The Labute approximate surface area is 306 Å². The molecule has 2 aromatic heterocycles. The number of ether oxygens (including phenoxy) is 1. The highest BCUT2D eigenvalue weighted by molar-refractivity contribution is 5.98. The van der Waals surface area contributed by atoms with E-state index in [0.717, 1.165) is 43.4 Å².